The normalized spacial score (nSPS) is 19.0. The lowest BCUT2D eigenvalue weighted by atomic mass is 10.1. The molecule has 0 unspecified atom stereocenters. The molecular weight excluding hydrogens is 408 g/mol. The molecule has 3 aromatic rings. The summed E-state index contributed by atoms with van der Waals surface area (Å²) in [7, 11) is -3.30. The van der Waals surface area contributed by atoms with Gasteiger partial charge >= 0.3 is 0 Å². The second-order valence-electron chi connectivity index (χ2n) is 8.34. The number of pyridine rings is 1. The molecule has 2 aromatic carbocycles. The van der Waals surface area contributed by atoms with Crippen LogP contribution in [0.25, 0.3) is 10.8 Å². The van der Waals surface area contributed by atoms with Gasteiger partial charge in [0, 0.05) is 50.9 Å². The summed E-state index contributed by atoms with van der Waals surface area (Å²) in [5.41, 5.74) is 0.917. The van der Waals surface area contributed by atoms with E-state index in [9.17, 15) is 8.42 Å². The molecule has 31 heavy (non-hydrogen) atoms. The van der Waals surface area contributed by atoms with E-state index >= 15 is 0 Å². The Kier molecular flexibility index (Phi) is 5.65. The third-order valence-corrected chi connectivity index (χ3v) is 8.34. The molecule has 0 atom stereocenters. The molecule has 1 aromatic heterocycles. The second kappa shape index (κ2) is 8.57. The van der Waals surface area contributed by atoms with Crippen LogP contribution in [-0.2, 0) is 16.6 Å². The number of fused-ring (bicyclic) bond motifs is 2. The molecule has 1 fully saturated rings. The van der Waals surface area contributed by atoms with E-state index in [1.165, 1.54) is 10.8 Å². The molecular formula is C24H28N4O2S. The molecule has 2 aliphatic heterocycles. The number of benzene rings is 2. The van der Waals surface area contributed by atoms with Crippen LogP contribution >= 0.6 is 0 Å². The van der Waals surface area contributed by atoms with Gasteiger partial charge in [0.25, 0.3) is 0 Å². The van der Waals surface area contributed by atoms with E-state index in [1.807, 2.05) is 18.3 Å². The fourth-order valence-electron chi connectivity index (χ4n) is 4.66. The third-order valence-electron chi connectivity index (χ3n) is 6.39. The highest BCUT2D eigenvalue weighted by atomic mass is 32.2. The molecule has 1 saturated heterocycles. The number of sulfonamides is 1. The smallest absolute Gasteiger partial charge is 0.243 e. The van der Waals surface area contributed by atoms with Crippen LogP contribution in [0.1, 0.15) is 18.4 Å². The number of rotatable bonds is 6. The molecule has 0 saturated carbocycles. The van der Waals surface area contributed by atoms with Gasteiger partial charge in [0.1, 0.15) is 5.82 Å². The van der Waals surface area contributed by atoms with E-state index in [2.05, 4.69) is 45.1 Å². The lowest BCUT2D eigenvalue weighted by Crippen LogP contribution is -2.47. The van der Waals surface area contributed by atoms with Gasteiger partial charge in [0.05, 0.1) is 4.90 Å². The average Bonchev–Trinajstić information content (AvgIpc) is 3.07. The fraction of sp³-hybridized carbons (Fsp3) is 0.375. The van der Waals surface area contributed by atoms with Crippen LogP contribution in [0.5, 0.6) is 0 Å². The third kappa shape index (κ3) is 4.05. The summed E-state index contributed by atoms with van der Waals surface area (Å²) in [6.45, 7) is 6.08. The maximum Gasteiger partial charge on any atom is 0.243 e. The van der Waals surface area contributed by atoms with E-state index in [0.717, 1.165) is 56.9 Å². The molecule has 162 valence electrons. The highest BCUT2D eigenvalue weighted by Crippen LogP contribution is 2.30. The maximum atomic E-state index is 12.6. The first-order chi connectivity index (χ1) is 15.1. The van der Waals surface area contributed by atoms with Gasteiger partial charge in [-0.25, -0.2) is 13.4 Å². The van der Waals surface area contributed by atoms with E-state index in [0.29, 0.717) is 18.0 Å². The first-order valence-corrected chi connectivity index (χ1v) is 12.5. The number of piperazine rings is 1. The van der Waals surface area contributed by atoms with Gasteiger partial charge < -0.3 is 4.90 Å². The summed E-state index contributed by atoms with van der Waals surface area (Å²) in [6, 6.07) is 17.8. The molecule has 3 heterocycles. The monoisotopic (exact) mass is 436 g/mol. The summed E-state index contributed by atoms with van der Waals surface area (Å²) in [4.78, 5) is 9.99. The lowest BCUT2D eigenvalue weighted by molar-refractivity contribution is 0.249. The van der Waals surface area contributed by atoms with Crippen molar-refractivity contribution >= 4 is 26.6 Å². The van der Waals surface area contributed by atoms with Crippen LogP contribution in [0.2, 0.25) is 0 Å². The Labute approximate surface area is 184 Å². The Morgan fingerprint density at radius 2 is 1.58 bits per heavy atom. The zero-order valence-electron chi connectivity index (χ0n) is 17.7. The van der Waals surface area contributed by atoms with Crippen LogP contribution in [0.3, 0.4) is 0 Å². The number of anilines is 1. The van der Waals surface area contributed by atoms with Crippen molar-refractivity contribution in [1.29, 1.82) is 0 Å². The molecule has 6 nitrogen and oxygen atoms in total. The van der Waals surface area contributed by atoms with Gasteiger partial charge in [-0.05, 0) is 42.5 Å². The van der Waals surface area contributed by atoms with Crippen LogP contribution in [0.15, 0.2) is 65.7 Å². The van der Waals surface area contributed by atoms with Crippen LogP contribution in [0.4, 0.5) is 5.82 Å². The molecule has 0 radical (unpaired) electrons. The first-order valence-electron chi connectivity index (χ1n) is 11.0. The number of hydrogen-bond acceptors (Lipinski definition) is 5. The highest BCUT2D eigenvalue weighted by molar-refractivity contribution is 7.89. The number of nitrogens with zero attached hydrogens (tertiary/aromatic N) is 4. The molecule has 0 amide bonds. The highest BCUT2D eigenvalue weighted by Gasteiger charge is 2.33. The van der Waals surface area contributed by atoms with E-state index in [-0.39, 0.29) is 0 Å². The fourth-order valence-corrected chi connectivity index (χ4v) is 6.33. The van der Waals surface area contributed by atoms with Gasteiger partial charge in [0.2, 0.25) is 10.0 Å². The van der Waals surface area contributed by atoms with Crippen LogP contribution in [-0.4, -0.2) is 61.9 Å². The summed E-state index contributed by atoms with van der Waals surface area (Å²) in [5, 5.41) is 2.44. The van der Waals surface area contributed by atoms with Gasteiger partial charge in [-0.3, -0.25) is 4.90 Å². The van der Waals surface area contributed by atoms with Crippen LogP contribution in [0, 0.1) is 0 Å². The largest absolute Gasteiger partial charge is 0.354 e. The van der Waals surface area contributed by atoms with Gasteiger partial charge in [-0.2, -0.15) is 4.31 Å². The Morgan fingerprint density at radius 1 is 0.839 bits per heavy atom. The van der Waals surface area contributed by atoms with Crippen molar-refractivity contribution in [3.63, 3.8) is 0 Å². The maximum absolute atomic E-state index is 12.6. The van der Waals surface area contributed by atoms with Gasteiger partial charge in [0.15, 0.2) is 0 Å². The topological polar surface area (TPSA) is 56.8 Å². The van der Waals surface area contributed by atoms with Crippen molar-refractivity contribution in [3.05, 3.63) is 66.4 Å². The zero-order chi connectivity index (χ0) is 21.3. The molecule has 0 bridgehead atoms. The number of aromatic nitrogens is 1. The average molecular weight is 437 g/mol. The zero-order valence-corrected chi connectivity index (χ0v) is 18.5. The SMILES string of the molecule is O=S1(=O)c2ccccc2CN1CCCCN1CCN(c2nccc3ccccc23)CC1. The van der Waals surface area contributed by atoms with Crippen molar-refractivity contribution in [2.24, 2.45) is 0 Å². The predicted octanol–water partition coefficient (Wildman–Crippen LogP) is 3.34. The van der Waals surface area contributed by atoms with E-state index < -0.39 is 10.0 Å². The van der Waals surface area contributed by atoms with E-state index in [4.69, 9.17) is 0 Å². The quantitative estimate of drug-likeness (QED) is 0.555. The summed E-state index contributed by atoms with van der Waals surface area (Å²) >= 11 is 0. The lowest BCUT2D eigenvalue weighted by Gasteiger charge is -2.36. The molecule has 0 spiro atoms. The Bertz CT molecular complexity index is 1170. The molecule has 0 aliphatic carbocycles. The summed E-state index contributed by atoms with van der Waals surface area (Å²) < 4.78 is 26.9. The van der Waals surface area contributed by atoms with Crippen molar-refractivity contribution in [2.75, 3.05) is 44.2 Å². The van der Waals surface area contributed by atoms with Crippen molar-refractivity contribution < 1.29 is 8.42 Å². The standard InChI is InChI=1S/C24H28N4O2S/c29-31(30)23-10-4-2-8-21(23)19-28(31)14-6-5-13-26-15-17-27(18-16-26)24-22-9-3-1-7-20(22)11-12-25-24/h1-4,7-12H,5-6,13-19H2. The van der Waals surface area contributed by atoms with Crippen LogP contribution < -0.4 is 4.90 Å². The van der Waals surface area contributed by atoms with Crippen molar-refractivity contribution in [3.8, 4) is 0 Å². The molecule has 5 rings (SSSR count). The summed E-state index contributed by atoms with van der Waals surface area (Å²) in [6.07, 6.45) is 3.79. The molecule has 0 N–H and O–H groups in total. The van der Waals surface area contributed by atoms with E-state index in [1.54, 1.807) is 16.4 Å². The predicted molar refractivity (Wildman–Crippen MR) is 124 cm³/mol. The van der Waals surface area contributed by atoms with Gasteiger partial charge in [-0.1, -0.05) is 42.5 Å². The molecule has 2 aliphatic rings. The summed E-state index contributed by atoms with van der Waals surface area (Å²) in [5.74, 6) is 1.08. The van der Waals surface area contributed by atoms with Crippen molar-refractivity contribution in [2.45, 2.75) is 24.3 Å². The number of hydrogen-bond donors (Lipinski definition) is 0. The minimum absolute atomic E-state index is 0.480. The minimum atomic E-state index is -3.30. The minimum Gasteiger partial charge on any atom is -0.354 e. The first kappa shape index (κ1) is 20.4. The number of unbranched alkanes of at least 4 members (excludes halogenated alkanes) is 1. The Hall–Kier alpha value is -2.48. The Balaban J connectivity index is 1.10. The van der Waals surface area contributed by atoms with Gasteiger partial charge in [-0.15, -0.1) is 0 Å². The second-order valence-corrected chi connectivity index (χ2v) is 10.2. The molecule has 7 heteroatoms. The Morgan fingerprint density at radius 3 is 2.42 bits per heavy atom. The van der Waals surface area contributed by atoms with Crippen molar-refractivity contribution in [1.82, 2.24) is 14.2 Å².